The van der Waals surface area contributed by atoms with Crippen molar-refractivity contribution >= 4 is 31.8 Å². The highest BCUT2D eigenvalue weighted by molar-refractivity contribution is 7.90. The molecule has 0 aliphatic rings. The van der Waals surface area contributed by atoms with Gasteiger partial charge in [-0.3, -0.25) is 4.98 Å². The zero-order valence-corrected chi connectivity index (χ0v) is 21.2. The summed E-state index contributed by atoms with van der Waals surface area (Å²) in [6, 6.07) is 14.7. The summed E-state index contributed by atoms with van der Waals surface area (Å²) in [4.78, 5) is 4.76. The molecule has 10 heteroatoms. The predicted molar refractivity (Wildman–Crippen MR) is 135 cm³/mol. The first-order valence-corrected chi connectivity index (χ1v) is 13.5. The number of alkyl halides is 3. The molecule has 0 saturated heterocycles. The van der Waals surface area contributed by atoms with E-state index in [9.17, 15) is 21.6 Å². The minimum Gasteiger partial charge on any atom is -0.361 e. The molecule has 192 valence electrons. The Bertz CT molecular complexity index is 1700. The smallest absolute Gasteiger partial charge is 0.361 e. The van der Waals surface area contributed by atoms with Crippen LogP contribution in [0.15, 0.2) is 70.2 Å². The van der Waals surface area contributed by atoms with E-state index >= 15 is 0 Å². The summed E-state index contributed by atoms with van der Waals surface area (Å²) < 4.78 is 72.2. The molecule has 0 fully saturated rings. The summed E-state index contributed by atoms with van der Waals surface area (Å²) in [6.07, 6.45) is -2.81. The maximum Gasteiger partial charge on any atom is 0.389 e. The van der Waals surface area contributed by atoms with Crippen LogP contribution in [0.25, 0.3) is 33.1 Å². The van der Waals surface area contributed by atoms with Crippen molar-refractivity contribution in [2.24, 2.45) is 0 Å². The number of fused-ring (bicyclic) bond motifs is 3. The molecular weight excluding hydrogens is 503 g/mol. The zero-order chi connectivity index (χ0) is 26.5. The molecule has 0 N–H and O–H groups in total. The summed E-state index contributed by atoms with van der Waals surface area (Å²) in [5.74, 6) is 0.595. The number of nitrogens with zero attached hydrogens (tertiary/aromatic N) is 3. The maximum atomic E-state index is 13.4. The molecule has 5 rings (SSSR count). The van der Waals surface area contributed by atoms with Gasteiger partial charge in [-0.25, -0.2) is 8.42 Å². The third kappa shape index (κ3) is 4.73. The van der Waals surface area contributed by atoms with Crippen molar-refractivity contribution in [3.05, 3.63) is 77.8 Å². The van der Waals surface area contributed by atoms with E-state index in [0.29, 0.717) is 44.5 Å². The topological polar surface area (TPSA) is 78.0 Å². The van der Waals surface area contributed by atoms with Crippen LogP contribution in [0.5, 0.6) is 0 Å². The third-order valence-electron chi connectivity index (χ3n) is 6.56. The Morgan fingerprint density at radius 1 is 1.03 bits per heavy atom. The molecule has 0 unspecified atom stereocenters. The monoisotopic (exact) mass is 527 g/mol. The molecule has 37 heavy (non-hydrogen) atoms. The lowest BCUT2D eigenvalue weighted by molar-refractivity contribution is -0.136. The van der Waals surface area contributed by atoms with Gasteiger partial charge in [0.2, 0.25) is 0 Å². The van der Waals surface area contributed by atoms with E-state index in [1.165, 1.54) is 12.1 Å². The van der Waals surface area contributed by atoms with E-state index in [1.54, 1.807) is 61.0 Å². The minimum atomic E-state index is -4.36. The Morgan fingerprint density at radius 3 is 2.38 bits per heavy atom. The Kier molecular flexibility index (Phi) is 6.10. The van der Waals surface area contributed by atoms with E-state index in [2.05, 4.69) is 10.1 Å². The molecule has 0 spiro atoms. The first-order chi connectivity index (χ1) is 17.4. The van der Waals surface area contributed by atoms with Gasteiger partial charge < -0.3 is 9.09 Å². The first-order valence-electron chi connectivity index (χ1n) is 11.6. The molecule has 1 atom stereocenters. The average Bonchev–Trinajstić information content (AvgIpc) is 3.34. The average molecular weight is 528 g/mol. The van der Waals surface area contributed by atoms with E-state index in [4.69, 9.17) is 4.52 Å². The molecule has 0 aliphatic carbocycles. The molecule has 0 bridgehead atoms. The highest BCUT2D eigenvalue weighted by Crippen LogP contribution is 2.40. The van der Waals surface area contributed by atoms with Crippen LogP contribution in [0.3, 0.4) is 0 Å². The van der Waals surface area contributed by atoms with Gasteiger partial charge in [0.05, 0.1) is 33.2 Å². The quantitative estimate of drug-likeness (QED) is 0.243. The molecule has 0 aliphatic heterocycles. The summed E-state index contributed by atoms with van der Waals surface area (Å²) in [7, 11) is -3.56. The van der Waals surface area contributed by atoms with Gasteiger partial charge in [-0.2, -0.15) is 13.2 Å². The minimum absolute atomic E-state index is 0.0811. The van der Waals surface area contributed by atoms with E-state index in [1.807, 2.05) is 6.07 Å². The van der Waals surface area contributed by atoms with Crippen LogP contribution in [0.4, 0.5) is 13.2 Å². The molecule has 3 aromatic heterocycles. The van der Waals surface area contributed by atoms with Gasteiger partial charge >= 0.3 is 6.18 Å². The molecular formula is C27H24F3N3O3S. The number of sulfone groups is 1. The number of benzene rings is 2. The number of aromatic nitrogens is 3. The third-order valence-corrected chi connectivity index (χ3v) is 7.67. The summed E-state index contributed by atoms with van der Waals surface area (Å²) in [6.45, 7) is 3.59. The Morgan fingerprint density at radius 2 is 1.76 bits per heavy atom. The first kappa shape index (κ1) is 25.0. The lowest BCUT2D eigenvalue weighted by atomic mass is 10.0. The van der Waals surface area contributed by atoms with Gasteiger partial charge in [-0.15, -0.1) is 0 Å². The summed E-state index contributed by atoms with van der Waals surface area (Å²) >= 11 is 0. The standard InChI is InChI=1S/C27H24F3N3O3S/c1-16-25(17(2)36-32-16)19-13-24-26(31-15-19)21-10-9-20(37(3,34)35)14-23(21)33(24)22(11-12-27(28,29)30)18-7-5-4-6-8-18/h4-10,13-15,22H,11-12H2,1-3H3/t22-/m1/s1. The fraction of sp³-hybridized carbons (Fsp3) is 0.259. The second-order valence-corrected chi connectivity index (χ2v) is 11.2. The molecule has 0 saturated carbocycles. The predicted octanol–water partition coefficient (Wildman–Crippen LogP) is 6.80. The molecule has 6 nitrogen and oxygen atoms in total. The molecule has 0 radical (unpaired) electrons. The maximum absolute atomic E-state index is 13.4. The molecule has 3 heterocycles. The fourth-order valence-electron chi connectivity index (χ4n) is 4.90. The number of halogens is 3. The van der Waals surface area contributed by atoms with E-state index in [-0.39, 0.29) is 11.3 Å². The largest absolute Gasteiger partial charge is 0.389 e. The SMILES string of the molecule is Cc1noc(C)c1-c1cnc2c3ccc(S(C)(=O)=O)cc3n([C@H](CCC(F)(F)F)c3ccccc3)c2c1. The van der Waals surface area contributed by atoms with Gasteiger partial charge in [0.25, 0.3) is 0 Å². The summed E-state index contributed by atoms with van der Waals surface area (Å²) in [5.41, 5.74) is 4.47. The Labute approximate surface area is 211 Å². The number of aryl methyl sites for hydroxylation is 2. The zero-order valence-electron chi connectivity index (χ0n) is 20.4. The van der Waals surface area contributed by atoms with Crippen molar-refractivity contribution in [1.82, 2.24) is 14.7 Å². The van der Waals surface area contributed by atoms with Crippen LogP contribution >= 0.6 is 0 Å². The summed E-state index contributed by atoms with van der Waals surface area (Å²) in [5, 5.41) is 4.67. The van der Waals surface area contributed by atoms with E-state index < -0.39 is 28.5 Å². The Hall–Kier alpha value is -3.66. The van der Waals surface area contributed by atoms with Crippen LogP contribution in [0.1, 0.15) is 35.9 Å². The number of pyridine rings is 1. The lowest BCUT2D eigenvalue weighted by Gasteiger charge is -2.23. The van der Waals surface area contributed by atoms with Crippen LogP contribution in [0.2, 0.25) is 0 Å². The normalized spacial score (nSPS) is 13.5. The lowest BCUT2D eigenvalue weighted by Crippen LogP contribution is -2.16. The number of rotatable bonds is 6. The van der Waals surface area contributed by atoms with Gasteiger partial charge in [-0.1, -0.05) is 35.5 Å². The van der Waals surface area contributed by atoms with Crippen LogP contribution in [-0.4, -0.2) is 35.6 Å². The molecule has 2 aromatic carbocycles. The van der Waals surface area contributed by atoms with Gasteiger partial charge in [0.1, 0.15) is 5.76 Å². The van der Waals surface area contributed by atoms with Crippen molar-refractivity contribution in [3.8, 4) is 11.1 Å². The number of hydrogen-bond donors (Lipinski definition) is 0. The molecule has 0 amide bonds. The second-order valence-electron chi connectivity index (χ2n) is 9.19. The van der Waals surface area contributed by atoms with Crippen molar-refractivity contribution in [1.29, 1.82) is 0 Å². The van der Waals surface area contributed by atoms with Crippen molar-refractivity contribution in [2.45, 2.75) is 43.8 Å². The van der Waals surface area contributed by atoms with Crippen LogP contribution in [-0.2, 0) is 9.84 Å². The van der Waals surface area contributed by atoms with E-state index in [0.717, 1.165) is 11.8 Å². The van der Waals surface area contributed by atoms with Gasteiger partial charge in [-0.05, 0) is 50.1 Å². The van der Waals surface area contributed by atoms with Crippen LogP contribution in [0, 0.1) is 13.8 Å². The van der Waals surface area contributed by atoms with Crippen molar-refractivity contribution < 1.29 is 26.1 Å². The van der Waals surface area contributed by atoms with Gasteiger partial charge in [0.15, 0.2) is 9.84 Å². The van der Waals surface area contributed by atoms with Crippen molar-refractivity contribution in [2.75, 3.05) is 6.26 Å². The Balaban J connectivity index is 1.86. The molecule has 5 aromatic rings. The highest BCUT2D eigenvalue weighted by Gasteiger charge is 2.31. The van der Waals surface area contributed by atoms with Crippen molar-refractivity contribution in [3.63, 3.8) is 0 Å². The highest BCUT2D eigenvalue weighted by atomic mass is 32.2. The fourth-order valence-corrected chi connectivity index (χ4v) is 5.54. The number of hydrogen-bond acceptors (Lipinski definition) is 5. The van der Waals surface area contributed by atoms with Crippen LogP contribution < -0.4 is 0 Å². The second kappa shape index (κ2) is 9.02. The van der Waals surface area contributed by atoms with Gasteiger partial charge in [0, 0.05) is 35.4 Å².